The summed E-state index contributed by atoms with van der Waals surface area (Å²) in [4.78, 5) is 16.4. The number of carbonyl (C=O) groups is 1. The molecule has 6 heteroatoms. The molecule has 0 amide bonds. The van der Waals surface area contributed by atoms with Crippen LogP contribution in [0.2, 0.25) is 0 Å². The number of ketones is 1. The summed E-state index contributed by atoms with van der Waals surface area (Å²) in [5, 5.41) is 5.39. The second-order valence-corrected chi connectivity index (χ2v) is 22.3. The number of rotatable bonds is 13. The number of hydrogen-bond acceptors (Lipinski definition) is 4. The minimum atomic E-state index is -0.396. The average molecular weight is 919 g/mol. The highest BCUT2D eigenvalue weighted by Crippen LogP contribution is 2.43. The van der Waals surface area contributed by atoms with E-state index in [4.69, 9.17) is 5.10 Å². The summed E-state index contributed by atoms with van der Waals surface area (Å²) in [5.74, 6) is 1.95. The van der Waals surface area contributed by atoms with Gasteiger partial charge in [0.05, 0.1) is 11.3 Å². The zero-order chi connectivity index (χ0) is 50.1. The molecule has 358 valence electrons. The summed E-state index contributed by atoms with van der Waals surface area (Å²) >= 11 is 0. The van der Waals surface area contributed by atoms with Crippen molar-refractivity contribution in [3.8, 4) is 34.0 Å². The van der Waals surface area contributed by atoms with Crippen LogP contribution in [-0.2, 0) is 4.79 Å². The number of hydrogen-bond donors (Lipinski definition) is 1. The summed E-state index contributed by atoms with van der Waals surface area (Å²) in [7, 11) is 4.15. The van der Waals surface area contributed by atoms with Gasteiger partial charge in [-0.15, -0.1) is 0 Å². The summed E-state index contributed by atoms with van der Waals surface area (Å²) in [6.07, 6.45) is 6.22. The van der Waals surface area contributed by atoms with Crippen molar-refractivity contribution >= 4 is 29.0 Å². The maximum absolute atomic E-state index is 14.2. The molecule has 0 saturated carbocycles. The number of anilines is 1. The van der Waals surface area contributed by atoms with E-state index in [0.29, 0.717) is 5.71 Å². The molecule has 0 saturated heterocycles. The zero-order valence-corrected chi connectivity index (χ0v) is 44.3. The van der Waals surface area contributed by atoms with Gasteiger partial charge in [0.15, 0.2) is 11.5 Å². The molecule has 1 N–H and O–H groups in total. The molecule has 1 aliphatic rings. The Morgan fingerprint density at radius 2 is 1.04 bits per heavy atom. The Bertz CT molecular complexity index is 2850. The number of nitrogens with one attached hydrogen (secondary N) is 1. The highest BCUT2D eigenvalue weighted by atomic mass is 16.1. The molecule has 7 rings (SSSR count). The van der Waals surface area contributed by atoms with Crippen LogP contribution in [-0.4, -0.2) is 30.2 Å². The van der Waals surface area contributed by atoms with E-state index in [-0.39, 0.29) is 29.5 Å². The maximum atomic E-state index is 14.2. The van der Waals surface area contributed by atoms with Crippen molar-refractivity contribution in [2.45, 2.75) is 121 Å². The zero-order valence-electron chi connectivity index (χ0n) is 44.3. The van der Waals surface area contributed by atoms with Gasteiger partial charge in [0, 0.05) is 58.7 Å². The fraction of sp³-hybridized carbons (Fsp3) is 0.349. The number of Topliss-reactive ketones (excluding diaryl/α,β-unsaturated/α-hetero) is 1. The molecule has 0 radical (unpaired) electrons. The molecular weight excluding hydrogens is 843 g/mol. The minimum Gasteiger partial charge on any atom is -0.378 e. The third kappa shape index (κ3) is 10.4. The Hall–Kier alpha value is -6.53. The van der Waals surface area contributed by atoms with Crippen LogP contribution in [0.3, 0.4) is 0 Å². The average Bonchev–Trinajstić information content (AvgIpc) is 3.65. The van der Waals surface area contributed by atoms with Crippen LogP contribution in [0.5, 0.6) is 0 Å². The van der Waals surface area contributed by atoms with E-state index in [9.17, 15) is 4.79 Å². The lowest BCUT2D eigenvalue weighted by atomic mass is 9.72. The molecule has 0 bridgehead atoms. The van der Waals surface area contributed by atoms with Crippen LogP contribution in [0.25, 0.3) is 45.8 Å². The second kappa shape index (κ2) is 20.2. The first-order valence-electron chi connectivity index (χ1n) is 25.0. The third-order valence-corrected chi connectivity index (χ3v) is 13.3. The van der Waals surface area contributed by atoms with E-state index in [2.05, 4.69) is 258 Å². The molecule has 1 heterocycles. The fourth-order valence-corrected chi connectivity index (χ4v) is 9.56. The Morgan fingerprint density at radius 1 is 0.594 bits per heavy atom. The van der Waals surface area contributed by atoms with Gasteiger partial charge >= 0.3 is 0 Å². The number of para-hydroxylation sites is 2. The van der Waals surface area contributed by atoms with Gasteiger partial charge in [-0.1, -0.05) is 194 Å². The Labute approximate surface area is 414 Å². The predicted molar refractivity (Wildman–Crippen MR) is 294 cm³/mol. The molecule has 0 spiro atoms. The molecule has 5 aromatic carbocycles. The van der Waals surface area contributed by atoms with Crippen LogP contribution in [0.1, 0.15) is 154 Å². The second-order valence-electron chi connectivity index (χ2n) is 22.3. The van der Waals surface area contributed by atoms with E-state index in [0.717, 1.165) is 62.1 Å². The first kappa shape index (κ1) is 50.3. The van der Waals surface area contributed by atoms with E-state index < -0.39 is 10.8 Å². The lowest BCUT2D eigenvalue weighted by Gasteiger charge is -2.31. The van der Waals surface area contributed by atoms with E-state index in [1.807, 2.05) is 12.2 Å². The number of nitrogens with zero attached hydrogens (tertiary/aromatic N) is 4. The van der Waals surface area contributed by atoms with Gasteiger partial charge in [-0.05, 0) is 82.6 Å². The van der Waals surface area contributed by atoms with Crippen molar-refractivity contribution in [1.29, 1.82) is 0 Å². The van der Waals surface area contributed by atoms with Gasteiger partial charge in [0.25, 0.3) is 5.82 Å². The molecule has 0 fully saturated rings. The Morgan fingerprint density at radius 3 is 1.48 bits per heavy atom. The van der Waals surface area contributed by atoms with Crippen LogP contribution in [0.4, 0.5) is 5.69 Å². The van der Waals surface area contributed by atoms with Gasteiger partial charge in [-0.3, -0.25) is 10.2 Å². The third-order valence-electron chi connectivity index (χ3n) is 13.3. The molecule has 69 heavy (non-hydrogen) atoms. The van der Waals surface area contributed by atoms with Crippen LogP contribution < -0.4 is 14.9 Å². The van der Waals surface area contributed by atoms with Gasteiger partial charge < -0.3 is 4.90 Å². The molecule has 1 aromatic heterocycles. The van der Waals surface area contributed by atoms with Crippen LogP contribution >= 0.6 is 0 Å². The molecule has 0 atom stereocenters. The summed E-state index contributed by atoms with van der Waals surface area (Å²) < 4.78 is 5.15. The summed E-state index contributed by atoms with van der Waals surface area (Å²) in [6, 6.07) is 44.3. The summed E-state index contributed by atoms with van der Waals surface area (Å²) in [5.41, 5.74) is 19.7. The molecule has 0 unspecified atom stereocenters. The minimum absolute atomic E-state index is 0.0794. The highest BCUT2D eigenvalue weighted by Gasteiger charge is 2.41. The molecular formula is C63H76N5O+. The molecule has 6 nitrogen and oxygen atoms in total. The van der Waals surface area contributed by atoms with Gasteiger partial charge in [0.1, 0.15) is 17.1 Å². The molecule has 0 aliphatic heterocycles. The number of carbonyl (C=O) groups excluding carboxylic acids is 1. The topological polar surface area (TPSA) is 53.5 Å². The quantitative estimate of drug-likeness (QED) is 0.0713. The van der Waals surface area contributed by atoms with Crippen LogP contribution in [0, 0.1) is 10.8 Å². The standard InChI is InChI=1S/C63H75N5O/c1-40(2)49-29-23-30-50(41(3)4)57(49)67-56(45-25-19-17-20-26-45)59(68(61(67)46-27-21-18-22-28-46)58-51(42(5)6)31-24-32-52(58)43(7)8)55(37-44-33-35-48(36-34-44)66(15)16)65-64-47-38-53(62(9,10)11)60(69)54(39-47)63(12,13)14/h17-43H,1-16H3/p+1. The van der Waals surface area contributed by atoms with Crippen molar-refractivity contribution in [3.05, 3.63) is 178 Å². The number of aromatic nitrogens is 2. The Kier molecular flexibility index (Phi) is 14.7. The largest absolute Gasteiger partial charge is 0.378 e. The van der Waals surface area contributed by atoms with Crippen molar-refractivity contribution < 1.29 is 9.36 Å². The van der Waals surface area contributed by atoms with E-state index >= 15 is 0 Å². The first-order valence-corrected chi connectivity index (χ1v) is 25.0. The predicted octanol–water partition coefficient (Wildman–Crippen LogP) is 15.6. The van der Waals surface area contributed by atoms with Crippen molar-refractivity contribution in [2.24, 2.45) is 15.9 Å². The monoisotopic (exact) mass is 919 g/mol. The van der Waals surface area contributed by atoms with Gasteiger partial charge in [0.2, 0.25) is 5.69 Å². The first-order chi connectivity index (χ1) is 32.6. The fourth-order valence-electron chi connectivity index (χ4n) is 9.56. The highest BCUT2D eigenvalue weighted by molar-refractivity contribution is 6.23. The number of benzene rings is 5. The van der Waals surface area contributed by atoms with Crippen molar-refractivity contribution in [3.63, 3.8) is 0 Å². The molecule has 6 aromatic rings. The van der Waals surface area contributed by atoms with Crippen molar-refractivity contribution in [2.75, 3.05) is 19.0 Å². The Balaban J connectivity index is 1.79. The number of hydrazone groups is 1. The van der Waals surface area contributed by atoms with Gasteiger partial charge in [-0.25, -0.2) is 0 Å². The normalized spacial score (nSPS) is 13.7. The smallest absolute Gasteiger partial charge is 0.300 e. The van der Waals surface area contributed by atoms with E-state index in [1.165, 1.54) is 27.9 Å². The number of allylic oxidation sites excluding steroid dienone is 4. The van der Waals surface area contributed by atoms with Crippen LogP contribution in [0.15, 0.2) is 150 Å². The lowest BCUT2D eigenvalue weighted by Crippen LogP contribution is -2.38. The van der Waals surface area contributed by atoms with Crippen molar-refractivity contribution in [1.82, 2.24) is 9.99 Å². The number of imidazole rings is 1. The lowest BCUT2D eigenvalue weighted by molar-refractivity contribution is -0.572. The molecule has 1 aliphatic carbocycles. The van der Waals surface area contributed by atoms with Gasteiger partial charge in [-0.2, -0.15) is 14.2 Å². The maximum Gasteiger partial charge on any atom is 0.300 e. The summed E-state index contributed by atoms with van der Waals surface area (Å²) in [6.45, 7) is 31.1. The SMILES string of the molecule is CC(C)c1cccc(C(C)C)c1-n1c(C(=Cc2ccc(N(C)C)cc2)NN=C2C=C(C(C)(C)C)C(=O)C(C(C)(C)C)=C2)c(-c2ccccc2)[n+](-c2c(C(C)C)cccc2C(C)C)c1-c1ccccc1. The van der Waals surface area contributed by atoms with E-state index in [1.54, 1.807) is 0 Å².